The van der Waals surface area contributed by atoms with E-state index in [2.05, 4.69) is 10.6 Å². The number of amides is 1. The third-order valence-electron chi connectivity index (χ3n) is 6.25. The van der Waals surface area contributed by atoms with Crippen molar-refractivity contribution in [2.75, 3.05) is 16.8 Å². The Balaban J connectivity index is 1.63. The fourth-order valence-electron chi connectivity index (χ4n) is 4.66. The Hall–Kier alpha value is -2.58. The number of Topliss-reactive ketones (excluding diaryl/α,β-unsaturated/α-hetero) is 1. The Morgan fingerprint density at radius 2 is 1.97 bits per heavy atom. The summed E-state index contributed by atoms with van der Waals surface area (Å²) in [4.78, 5) is 26.6. The Kier molecular flexibility index (Phi) is 6.68. The molecule has 0 bridgehead atoms. The van der Waals surface area contributed by atoms with E-state index in [-0.39, 0.29) is 34.9 Å². The van der Waals surface area contributed by atoms with Crippen LogP contribution in [0.1, 0.15) is 42.9 Å². The minimum absolute atomic E-state index is 0.0703. The number of benzene rings is 2. The lowest BCUT2D eigenvalue weighted by molar-refractivity contribution is -0.138. The molecule has 1 amide bonds. The van der Waals surface area contributed by atoms with Gasteiger partial charge in [0.2, 0.25) is 5.91 Å². The summed E-state index contributed by atoms with van der Waals surface area (Å²) in [5, 5.41) is 6.36. The maximum Gasteiger partial charge on any atom is 0.416 e. The van der Waals surface area contributed by atoms with Gasteiger partial charge in [-0.1, -0.05) is 36.2 Å². The van der Waals surface area contributed by atoms with Crippen LogP contribution in [-0.4, -0.2) is 30.3 Å². The molecule has 33 heavy (non-hydrogen) atoms. The summed E-state index contributed by atoms with van der Waals surface area (Å²) in [7, 11) is 0. The van der Waals surface area contributed by atoms with Crippen LogP contribution in [-0.2, 0) is 28.7 Å². The number of alkyl halides is 3. The number of hydrogen-bond acceptors (Lipinski definition) is 4. The number of anilines is 2. The molecule has 5 nitrogen and oxygen atoms in total. The molecule has 2 aliphatic heterocycles. The van der Waals surface area contributed by atoms with Crippen molar-refractivity contribution in [1.82, 2.24) is 5.32 Å². The number of nitrogens with one attached hydrogen (secondary N) is 2. The van der Waals surface area contributed by atoms with E-state index in [1.165, 1.54) is 19.1 Å². The maximum atomic E-state index is 13.5. The quantitative estimate of drug-likeness (QED) is 0.636. The summed E-state index contributed by atoms with van der Waals surface area (Å²) in [5.41, 5.74) is 1.10. The number of carbonyl (C=O) groups is 2. The summed E-state index contributed by atoms with van der Waals surface area (Å²) in [5.74, 6) is -0.313. The molecule has 2 aliphatic rings. The van der Waals surface area contributed by atoms with E-state index in [1.807, 2.05) is 0 Å². The number of halogens is 4. The van der Waals surface area contributed by atoms with Crippen molar-refractivity contribution in [2.45, 2.75) is 57.4 Å². The second kappa shape index (κ2) is 9.35. The molecule has 0 aliphatic carbocycles. The van der Waals surface area contributed by atoms with Crippen molar-refractivity contribution < 1.29 is 22.8 Å². The summed E-state index contributed by atoms with van der Waals surface area (Å²) in [6.07, 6.45) is -1.43. The number of carbonyl (C=O) groups excluding carboxylic acids is 2. The van der Waals surface area contributed by atoms with Gasteiger partial charge in [-0.2, -0.15) is 13.2 Å². The van der Waals surface area contributed by atoms with Gasteiger partial charge in [-0.3, -0.25) is 9.59 Å². The lowest BCUT2D eigenvalue weighted by atomic mass is 10.0. The predicted molar refractivity (Wildman–Crippen MR) is 122 cm³/mol. The summed E-state index contributed by atoms with van der Waals surface area (Å²) in [6.45, 7) is 2.10. The second-order valence-corrected chi connectivity index (χ2v) is 8.98. The number of hydrogen-bond donors (Lipinski definition) is 2. The third kappa shape index (κ3) is 5.01. The maximum absolute atomic E-state index is 13.5. The van der Waals surface area contributed by atoms with Gasteiger partial charge in [-0.05, 0) is 55.6 Å². The Morgan fingerprint density at radius 3 is 2.64 bits per heavy atom. The SMILES string of the molecule is CC(=O)[C@H]1Cc2cc(NC(=O)C3CCCCN3)cc(Cl)c2N1Cc1ccccc1C(F)(F)F. The van der Waals surface area contributed by atoms with Crippen LogP contribution in [0.4, 0.5) is 24.5 Å². The summed E-state index contributed by atoms with van der Waals surface area (Å²) >= 11 is 6.56. The van der Waals surface area contributed by atoms with Gasteiger partial charge in [0.25, 0.3) is 0 Å². The van der Waals surface area contributed by atoms with Crippen LogP contribution >= 0.6 is 11.6 Å². The van der Waals surface area contributed by atoms with E-state index in [0.29, 0.717) is 17.8 Å². The largest absolute Gasteiger partial charge is 0.416 e. The number of fused-ring (bicyclic) bond motifs is 1. The predicted octanol–water partition coefficient (Wildman–Crippen LogP) is 4.96. The van der Waals surface area contributed by atoms with Gasteiger partial charge < -0.3 is 15.5 Å². The molecule has 2 aromatic carbocycles. The van der Waals surface area contributed by atoms with E-state index in [1.54, 1.807) is 23.1 Å². The van der Waals surface area contributed by atoms with Crippen molar-refractivity contribution in [3.05, 3.63) is 58.1 Å². The first-order valence-corrected chi connectivity index (χ1v) is 11.3. The summed E-state index contributed by atoms with van der Waals surface area (Å²) < 4.78 is 40.6. The average molecular weight is 480 g/mol. The first-order valence-electron chi connectivity index (χ1n) is 10.9. The number of rotatable bonds is 5. The van der Waals surface area contributed by atoms with Gasteiger partial charge in [0.05, 0.1) is 28.4 Å². The highest BCUT2D eigenvalue weighted by Gasteiger charge is 2.38. The third-order valence-corrected chi connectivity index (χ3v) is 6.53. The van der Waals surface area contributed by atoms with Crippen molar-refractivity contribution >= 4 is 34.7 Å². The van der Waals surface area contributed by atoms with E-state index in [9.17, 15) is 22.8 Å². The average Bonchev–Trinajstić information content (AvgIpc) is 3.13. The zero-order valence-corrected chi connectivity index (χ0v) is 18.9. The first kappa shape index (κ1) is 23.6. The van der Waals surface area contributed by atoms with Gasteiger partial charge in [-0.25, -0.2) is 0 Å². The Morgan fingerprint density at radius 1 is 1.21 bits per heavy atom. The van der Waals surface area contributed by atoms with Gasteiger partial charge in [0.1, 0.15) is 0 Å². The number of piperidine rings is 1. The second-order valence-electron chi connectivity index (χ2n) is 8.57. The molecule has 1 saturated heterocycles. The van der Waals surface area contributed by atoms with Gasteiger partial charge in [0.15, 0.2) is 5.78 Å². The topological polar surface area (TPSA) is 61.4 Å². The lowest BCUT2D eigenvalue weighted by Gasteiger charge is -2.28. The molecule has 0 radical (unpaired) electrons. The Labute approximate surface area is 195 Å². The van der Waals surface area contributed by atoms with E-state index in [4.69, 9.17) is 11.6 Å². The van der Waals surface area contributed by atoms with Crippen LogP contribution in [0.3, 0.4) is 0 Å². The molecular weight excluding hydrogens is 455 g/mol. The van der Waals surface area contributed by atoms with E-state index in [0.717, 1.165) is 37.4 Å². The van der Waals surface area contributed by atoms with Crippen molar-refractivity contribution in [3.63, 3.8) is 0 Å². The minimum Gasteiger partial charge on any atom is -0.355 e. The molecule has 2 atom stereocenters. The van der Waals surface area contributed by atoms with Gasteiger partial charge in [-0.15, -0.1) is 0 Å². The molecule has 4 rings (SSSR count). The van der Waals surface area contributed by atoms with Crippen LogP contribution in [0.15, 0.2) is 36.4 Å². The molecule has 9 heteroatoms. The van der Waals surface area contributed by atoms with Crippen LogP contribution in [0.5, 0.6) is 0 Å². The molecular formula is C24H25ClF3N3O2. The smallest absolute Gasteiger partial charge is 0.355 e. The van der Waals surface area contributed by atoms with E-state index >= 15 is 0 Å². The van der Waals surface area contributed by atoms with E-state index < -0.39 is 17.8 Å². The molecule has 1 fully saturated rings. The van der Waals surface area contributed by atoms with Crippen LogP contribution in [0, 0.1) is 0 Å². The van der Waals surface area contributed by atoms with Crippen LogP contribution in [0.25, 0.3) is 0 Å². The zero-order valence-electron chi connectivity index (χ0n) is 18.1. The molecule has 0 aromatic heterocycles. The highest BCUT2D eigenvalue weighted by atomic mass is 35.5. The summed E-state index contributed by atoms with van der Waals surface area (Å²) in [6, 6.07) is 7.78. The standard InChI is InChI=1S/C24H25ClF3N3O2/c1-14(32)21-11-16-10-17(30-23(33)20-8-4-5-9-29-20)12-19(25)22(16)31(21)13-15-6-2-3-7-18(15)24(26,27)28/h2-3,6-7,10,12,20-21,29H,4-5,8-9,11,13H2,1H3,(H,30,33)/t20?,21-/m1/s1. The van der Waals surface area contributed by atoms with Gasteiger partial charge >= 0.3 is 6.18 Å². The molecule has 2 N–H and O–H groups in total. The molecule has 176 valence electrons. The van der Waals surface area contributed by atoms with Crippen molar-refractivity contribution in [2.24, 2.45) is 0 Å². The van der Waals surface area contributed by atoms with Crippen molar-refractivity contribution in [3.8, 4) is 0 Å². The Bertz CT molecular complexity index is 1070. The fourth-order valence-corrected chi connectivity index (χ4v) is 5.00. The van der Waals surface area contributed by atoms with Crippen molar-refractivity contribution in [1.29, 1.82) is 0 Å². The highest BCUT2D eigenvalue weighted by molar-refractivity contribution is 6.34. The van der Waals surface area contributed by atoms with Gasteiger partial charge in [0, 0.05) is 18.7 Å². The normalized spacial score (nSPS) is 20.5. The number of nitrogens with zero attached hydrogens (tertiary/aromatic N) is 1. The monoisotopic (exact) mass is 479 g/mol. The minimum atomic E-state index is -4.50. The molecule has 2 aromatic rings. The molecule has 0 spiro atoms. The fraction of sp³-hybridized carbons (Fsp3) is 0.417. The lowest BCUT2D eigenvalue weighted by Crippen LogP contribution is -2.43. The van der Waals surface area contributed by atoms with Crippen LogP contribution < -0.4 is 15.5 Å². The number of ketones is 1. The first-order chi connectivity index (χ1) is 15.6. The van der Waals surface area contributed by atoms with Crippen LogP contribution in [0.2, 0.25) is 5.02 Å². The highest BCUT2D eigenvalue weighted by Crippen LogP contribution is 2.43. The molecule has 0 saturated carbocycles. The molecule has 2 heterocycles. The molecule has 1 unspecified atom stereocenters. The zero-order chi connectivity index (χ0) is 23.8.